The molecule has 0 radical (unpaired) electrons. The van der Waals surface area contributed by atoms with Crippen LogP contribution >= 0.6 is 0 Å². The summed E-state index contributed by atoms with van der Waals surface area (Å²) in [6, 6.07) is 20.9. The zero-order valence-corrected chi connectivity index (χ0v) is 19.9. The van der Waals surface area contributed by atoms with Crippen LogP contribution in [0.4, 0.5) is 4.79 Å². The first-order valence-corrected chi connectivity index (χ1v) is 11.4. The van der Waals surface area contributed by atoms with Crippen molar-refractivity contribution in [2.45, 2.75) is 26.5 Å². The molecule has 6 heteroatoms. The highest BCUT2D eigenvalue weighted by atomic mass is 16.5. The molecule has 1 heterocycles. The molecule has 3 aromatic carbocycles. The van der Waals surface area contributed by atoms with Gasteiger partial charge >= 0.3 is 6.03 Å². The number of ether oxygens (including phenoxy) is 2. The summed E-state index contributed by atoms with van der Waals surface area (Å²) in [5.41, 5.74) is 4.84. The van der Waals surface area contributed by atoms with Gasteiger partial charge in [0, 0.05) is 5.56 Å². The van der Waals surface area contributed by atoms with Crippen LogP contribution in [-0.4, -0.2) is 23.9 Å². The first kappa shape index (κ1) is 23.8. The fourth-order valence-electron chi connectivity index (χ4n) is 3.88. The van der Waals surface area contributed by atoms with E-state index in [1.807, 2.05) is 67.6 Å². The Morgan fingerprint density at radius 2 is 1.74 bits per heavy atom. The summed E-state index contributed by atoms with van der Waals surface area (Å²) in [5, 5.41) is 2.69. The van der Waals surface area contributed by atoms with Crippen LogP contribution in [0.5, 0.6) is 11.5 Å². The van der Waals surface area contributed by atoms with Gasteiger partial charge in [-0.2, -0.15) is 0 Å². The molecular weight excluding hydrogens is 440 g/mol. The summed E-state index contributed by atoms with van der Waals surface area (Å²) in [4.78, 5) is 26.7. The highest BCUT2D eigenvalue weighted by Crippen LogP contribution is 2.35. The van der Waals surface area contributed by atoms with Gasteiger partial charge in [0.15, 0.2) is 11.5 Å². The lowest BCUT2D eigenvalue weighted by Crippen LogP contribution is -2.30. The number of nitrogens with one attached hydrogen (secondary N) is 1. The lowest BCUT2D eigenvalue weighted by Gasteiger charge is -2.16. The van der Waals surface area contributed by atoms with Gasteiger partial charge in [-0.15, -0.1) is 6.58 Å². The third-order valence-corrected chi connectivity index (χ3v) is 5.70. The van der Waals surface area contributed by atoms with E-state index in [2.05, 4.69) is 11.9 Å². The zero-order valence-electron chi connectivity index (χ0n) is 19.9. The molecular formula is C29H28N2O4. The Hall–Kier alpha value is -4.32. The Bertz CT molecular complexity index is 1260. The van der Waals surface area contributed by atoms with Gasteiger partial charge in [-0.1, -0.05) is 66.2 Å². The van der Waals surface area contributed by atoms with E-state index in [-0.39, 0.29) is 18.1 Å². The molecule has 3 aromatic rings. The molecule has 1 aliphatic rings. The number of hydrogen-bond donors (Lipinski definition) is 1. The standard InChI is InChI=1S/C29H28N2O4/c1-4-8-24-15-23(17-26(34-3)27(24)35-19-22-9-6-5-7-10-22)16-25-28(32)31(29(33)30-25)18-21-13-11-20(2)12-14-21/h4-7,9-17H,1,8,18-19H2,2-3H3,(H,30,33)/b25-16+. The molecule has 0 unspecified atom stereocenters. The van der Waals surface area contributed by atoms with Crippen LogP contribution < -0.4 is 14.8 Å². The van der Waals surface area contributed by atoms with Crippen molar-refractivity contribution in [3.63, 3.8) is 0 Å². The average Bonchev–Trinajstić information content (AvgIpc) is 3.12. The molecule has 178 valence electrons. The molecule has 1 aliphatic heterocycles. The summed E-state index contributed by atoms with van der Waals surface area (Å²) < 4.78 is 11.7. The number of carbonyl (C=O) groups is 2. The molecule has 6 nitrogen and oxygen atoms in total. The van der Waals surface area contributed by atoms with Crippen molar-refractivity contribution in [1.82, 2.24) is 10.2 Å². The maximum atomic E-state index is 13.0. The van der Waals surface area contributed by atoms with Gasteiger partial charge in [0.25, 0.3) is 5.91 Å². The molecule has 0 saturated carbocycles. The van der Waals surface area contributed by atoms with Gasteiger partial charge in [-0.25, -0.2) is 4.79 Å². The molecule has 0 bridgehead atoms. The minimum absolute atomic E-state index is 0.208. The van der Waals surface area contributed by atoms with Gasteiger partial charge in [-0.3, -0.25) is 9.69 Å². The Morgan fingerprint density at radius 1 is 1.00 bits per heavy atom. The molecule has 1 N–H and O–H groups in total. The topological polar surface area (TPSA) is 67.9 Å². The zero-order chi connectivity index (χ0) is 24.8. The average molecular weight is 469 g/mol. The van der Waals surface area contributed by atoms with Gasteiger partial charge in [0.1, 0.15) is 12.3 Å². The minimum Gasteiger partial charge on any atom is -0.493 e. The first-order chi connectivity index (χ1) is 17.0. The number of amides is 3. The lowest BCUT2D eigenvalue weighted by atomic mass is 10.0. The van der Waals surface area contributed by atoms with Crippen LogP contribution in [0.2, 0.25) is 0 Å². The minimum atomic E-state index is -0.442. The van der Waals surface area contributed by atoms with Crippen molar-refractivity contribution in [2.24, 2.45) is 0 Å². The lowest BCUT2D eigenvalue weighted by molar-refractivity contribution is -0.123. The second-order valence-corrected chi connectivity index (χ2v) is 8.34. The Morgan fingerprint density at radius 3 is 2.43 bits per heavy atom. The van der Waals surface area contributed by atoms with Crippen molar-refractivity contribution in [3.8, 4) is 11.5 Å². The molecule has 35 heavy (non-hydrogen) atoms. The monoisotopic (exact) mass is 468 g/mol. The Labute approximate surface area is 205 Å². The summed E-state index contributed by atoms with van der Waals surface area (Å²) in [6.07, 6.45) is 4.00. The van der Waals surface area contributed by atoms with Crippen LogP contribution in [0.25, 0.3) is 6.08 Å². The number of aryl methyl sites for hydroxylation is 1. The highest BCUT2D eigenvalue weighted by Gasteiger charge is 2.33. The van der Waals surface area contributed by atoms with Gasteiger partial charge in [0.2, 0.25) is 0 Å². The van der Waals surface area contributed by atoms with E-state index < -0.39 is 6.03 Å². The molecule has 0 spiro atoms. The van der Waals surface area contributed by atoms with Crippen molar-refractivity contribution < 1.29 is 19.1 Å². The number of carbonyl (C=O) groups excluding carboxylic acids is 2. The SMILES string of the molecule is C=CCc1cc(/C=C2/NC(=O)N(Cc3ccc(C)cc3)C2=O)cc(OC)c1OCc1ccccc1. The second kappa shape index (κ2) is 10.7. The number of imide groups is 1. The number of nitrogens with zero attached hydrogens (tertiary/aromatic N) is 1. The number of hydrogen-bond acceptors (Lipinski definition) is 4. The van der Waals surface area contributed by atoms with Gasteiger partial charge in [0.05, 0.1) is 13.7 Å². The molecule has 3 amide bonds. The summed E-state index contributed by atoms with van der Waals surface area (Å²) >= 11 is 0. The normalized spacial score (nSPS) is 14.2. The van der Waals surface area contributed by atoms with Crippen molar-refractivity contribution in [2.75, 3.05) is 7.11 Å². The molecule has 1 fully saturated rings. The maximum absolute atomic E-state index is 13.0. The molecule has 0 aromatic heterocycles. The number of methoxy groups -OCH3 is 1. The highest BCUT2D eigenvalue weighted by molar-refractivity contribution is 6.13. The van der Waals surface area contributed by atoms with Crippen LogP contribution in [0.1, 0.15) is 27.8 Å². The number of rotatable bonds is 9. The summed E-state index contributed by atoms with van der Waals surface area (Å²) in [6.45, 7) is 6.44. The quantitative estimate of drug-likeness (QED) is 0.259. The van der Waals surface area contributed by atoms with Gasteiger partial charge < -0.3 is 14.8 Å². The van der Waals surface area contributed by atoms with Crippen LogP contribution in [0, 0.1) is 6.92 Å². The van der Waals surface area contributed by atoms with E-state index in [0.717, 1.165) is 22.3 Å². The Kier molecular flexibility index (Phi) is 7.31. The van der Waals surface area contributed by atoms with E-state index in [1.165, 1.54) is 4.90 Å². The summed E-state index contributed by atoms with van der Waals surface area (Å²) in [5.74, 6) is 0.797. The van der Waals surface area contributed by atoms with Crippen molar-refractivity contribution in [1.29, 1.82) is 0 Å². The van der Waals surface area contributed by atoms with E-state index in [1.54, 1.807) is 25.3 Å². The predicted molar refractivity (Wildman–Crippen MR) is 136 cm³/mol. The molecule has 0 aliphatic carbocycles. The smallest absolute Gasteiger partial charge is 0.329 e. The number of allylic oxidation sites excluding steroid dienone is 1. The third kappa shape index (κ3) is 5.61. The van der Waals surface area contributed by atoms with E-state index in [0.29, 0.717) is 30.1 Å². The van der Waals surface area contributed by atoms with E-state index >= 15 is 0 Å². The van der Waals surface area contributed by atoms with E-state index in [9.17, 15) is 9.59 Å². The van der Waals surface area contributed by atoms with E-state index in [4.69, 9.17) is 9.47 Å². The number of urea groups is 1. The fourth-order valence-corrected chi connectivity index (χ4v) is 3.88. The Balaban J connectivity index is 1.59. The first-order valence-electron chi connectivity index (χ1n) is 11.4. The number of benzene rings is 3. The third-order valence-electron chi connectivity index (χ3n) is 5.70. The second-order valence-electron chi connectivity index (χ2n) is 8.34. The fraction of sp³-hybridized carbons (Fsp3) is 0.172. The molecule has 4 rings (SSSR count). The van der Waals surface area contributed by atoms with Gasteiger partial charge in [-0.05, 0) is 48.2 Å². The van der Waals surface area contributed by atoms with Crippen LogP contribution in [-0.2, 0) is 24.4 Å². The largest absolute Gasteiger partial charge is 0.493 e. The summed E-state index contributed by atoms with van der Waals surface area (Å²) in [7, 11) is 1.57. The maximum Gasteiger partial charge on any atom is 0.329 e. The predicted octanol–water partition coefficient (Wildman–Crippen LogP) is 5.40. The van der Waals surface area contributed by atoms with Crippen LogP contribution in [0.15, 0.2) is 85.1 Å². The van der Waals surface area contributed by atoms with Crippen LogP contribution in [0.3, 0.4) is 0 Å². The molecule has 0 atom stereocenters. The molecule has 1 saturated heterocycles. The van der Waals surface area contributed by atoms with Crippen molar-refractivity contribution >= 4 is 18.0 Å². The van der Waals surface area contributed by atoms with Crippen molar-refractivity contribution in [3.05, 3.63) is 113 Å².